The van der Waals surface area contributed by atoms with Crippen LogP contribution in [0.5, 0.6) is 0 Å². The molecule has 14 heavy (non-hydrogen) atoms. The van der Waals surface area contributed by atoms with Gasteiger partial charge in [-0.3, -0.25) is 4.79 Å². The van der Waals surface area contributed by atoms with Crippen molar-refractivity contribution in [1.29, 1.82) is 0 Å². The highest BCUT2D eigenvalue weighted by Gasteiger charge is 2.20. The van der Waals surface area contributed by atoms with E-state index in [9.17, 15) is 4.79 Å². The van der Waals surface area contributed by atoms with Crippen LogP contribution >= 0.6 is 0 Å². The van der Waals surface area contributed by atoms with E-state index in [0.717, 1.165) is 25.9 Å². The minimum atomic E-state index is -0.345. The number of piperidine rings is 1. The fourth-order valence-corrected chi connectivity index (χ4v) is 1.78. The molecule has 2 unspecified atom stereocenters. The molecular weight excluding hydrogens is 178 g/mol. The number of likely N-dealkylation sites (tertiary alicyclic amines) is 1. The van der Waals surface area contributed by atoms with Crippen LogP contribution in [0.3, 0.4) is 0 Å². The van der Waals surface area contributed by atoms with E-state index in [4.69, 9.17) is 5.73 Å². The quantitative estimate of drug-likeness (QED) is 0.669. The summed E-state index contributed by atoms with van der Waals surface area (Å²) < 4.78 is 0. The van der Waals surface area contributed by atoms with Crippen LogP contribution in [0.15, 0.2) is 0 Å². The Kier molecular flexibility index (Phi) is 4.35. The van der Waals surface area contributed by atoms with E-state index in [2.05, 4.69) is 17.3 Å². The molecule has 2 atom stereocenters. The van der Waals surface area contributed by atoms with E-state index in [1.807, 2.05) is 6.92 Å². The Morgan fingerprint density at radius 3 is 3.00 bits per heavy atom. The molecule has 0 saturated carbocycles. The number of carbonyl (C=O) groups is 1. The molecule has 0 aromatic carbocycles. The first-order valence-corrected chi connectivity index (χ1v) is 5.38. The largest absolute Gasteiger partial charge is 0.351 e. The van der Waals surface area contributed by atoms with Crippen LogP contribution in [-0.4, -0.2) is 43.0 Å². The van der Waals surface area contributed by atoms with Crippen LogP contribution in [0, 0.1) is 0 Å². The maximum Gasteiger partial charge on any atom is 0.237 e. The van der Waals surface area contributed by atoms with Gasteiger partial charge in [-0.2, -0.15) is 0 Å². The Morgan fingerprint density at radius 1 is 1.71 bits per heavy atom. The molecule has 1 amide bonds. The number of nitrogens with one attached hydrogen (secondary N) is 1. The Labute approximate surface area is 85.8 Å². The van der Waals surface area contributed by atoms with Crippen LogP contribution in [0.4, 0.5) is 0 Å². The van der Waals surface area contributed by atoms with Crippen molar-refractivity contribution in [2.24, 2.45) is 5.73 Å². The second-order valence-electron chi connectivity index (χ2n) is 4.12. The van der Waals surface area contributed by atoms with Gasteiger partial charge in [0.15, 0.2) is 0 Å². The second-order valence-corrected chi connectivity index (χ2v) is 4.12. The highest BCUT2D eigenvalue weighted by atomic mass is 16.2. The van der Waals surface area contributed by atoms with Gasteiger partial charge < -0.3 is 16.0 Å². The van der Waals surface area contributed by atoms with Gasteiger partial charge in [-0.05, 0) is 32.9 Å². The fourth-order valence-electron chi connectivity index (χ4n) is 1.78. The van der Waals surface area contributed by atoms with Crippen molar-refractivity contribution in [2.45, 2.75) is 38.3 Å². The molecule has 4 nitrogen and oxygen atoms in total. The highest BCUT2D eigenvalue weighted by molar-refractivity contribution is 5.81. The van der Waals surface area contributed by atoms with Crippen LogP contribution in [0.25, 0.3) is 0 Å². The van der Waals surface area contributed by atoms with E-state index >= 15 is 0 Å². The van der Waals surface area contributed by atoms with Crippen LogP contribution in [0.2, 0.25) is 0 Å². The monoisotopic (exact) mass is 199 g/mol. The lowest BCUT2D eigenvalue weighted by Gasteiger charge is -2.30. The van der Waals surface area contributed by atoms with Gasteiger partial charge in [0.2, 0.25) is 5.91 Å². The molecule has 82 valence electrons. The first kappa shape index (κ1) is 11.5. The molecule has 4 heteroatoms. The molecule has 1 saturated heterocycles. The number of hydrogen-bond donors (Lipinski definition) is 2. The summed E-state index contributed by atoms with van der Waals surface area (Å²) in [4.78, 5) is 13.7. The molecule has 0 aliphatic carbocycles. The molecule has 1 aliphatic rings. The minimum absolute atomic E-state index is 0.00667. The molecule has 1 rings (SSSR count). The Hall–Kier alpha value is -0.610. The standard InChI is InChI=1S/C10H21N3O/c1-3-9(11)10(14)12-8-5-4-6-13(2)7-8/h8-9H,3-7,11H2,1-2H3,(H,12,14). The summed E-state index contributed by atoms with van der Waals surface area (Å²) >= 11 is 0. The molecule has 0 bridgehead atoms. The Balaban J connectivity index is 2.32. The molecular formula is C10H21N3O. The van der Waals surface area contributed by atoms with Crippen molar-refractivity contribution in [3.63, 3.8) is 0 Å². The van der Waals surface area contributed by atoms with Crippen molar-refractivity contribution in [3.8, 4) is 0 Å². The number of hydrogen-bond acceptors (Lipinski definition) is 3. The molecule has 0 aromatic rings. The number of rotatable bonds is 3. The topological polar surface area (TPSA) is 58.4 Å². The average molecular weight is 199 g/mol. The van der Waals surface area contributed by atoms with E-state index in [-0.39, 0.29) is 11.9 Å². The summed E-state index contributed by atoms with van der Waals surface area (Å²) in [7, 11) is 2.08. The lowest BCUT2D eigenvalue weighted by Crippen LogP contribution is -2.50. The van der Waals surface area contributed by atoms with Gasteiger partial charge in [-0.25, -0.2) is 0 Å². The van der Waals surface area contributed by atoms with Crippen LogP contribution < -0.4 is 11.1 Å². The fraction of sp³-hybridized carbons (Fsp3) is 0.900. The number of nitrogens with two attached hydrogens (primary N) is 1. The number of likely N-dealkylation sites (N-methyl/N-ethyl adjacent to an activating group) is 1. The van der Waals surface area contributed by atoms with E-state index in [1.54, 1.807) is 0 Å². The zero-order chi connectivity index (χ0) is 10.6. The van der Waals surface area contributed by atoms with E-state index in [0.29, 0.717) is 12.5 Å². The van der Waals surface area contributed by atoms with Crippen molar-refractivity contribution < 1.29 is 4.79 Å². The smallest absolute Gasteiger partial charge is 0.237 e. The summed E-state index contributed by atoms with van der Waals surface area (Å²) in [6.07, 6.45) is 2.93. The summed E-state index contributed by atoms with van der Waals surface area (Å²) in [6.45, 7) is 4.01. The summed E-state index contributed by atoms with van der Waals surface area (Å²) in [6, 6.07) is -0.0546. The van der Waals surface area contributed by atoms with Crippen molar-refractivity contribution >= 4 is 5.91 Å². The maximum atomic E-state index is 11.5. The Morgan fingerprint density at radius 2 is 2.43 bits per heavy atom. The second kappa shape index (κ2) is 5.32. The van der Waals surface area contributed by atoms with Gasteiger partial charge in [0.1, 0.15) is 0 Å². The third-order valence-electron chi connectivity index (χ3n) is 2.75. The van der Waals surface area contributed by atoms with Crippen molar-refractivity contribution in [2.75, 3.05) is 20.1 Å². The summed E-state index contributed by atoms with van der Waals surface area (Å²) in [5.74, 6) is -0.00667. The molecule has 1 aliphatic heterocycles. The van der Waals surface area contributed by atoms with Gasteiger partial charge >= 0.3 is 0 Å². The van der Waals surface area contributed by atoms with Crippen LogP contribution in [-0.2, 0) is 4.79 Å². The van der Waals surface area contributed by atoms with Gasteiger partial charge in [0, 0.05) is 12.6 Å². The number of carbonyl (C=O) groups excluding carboxylic acids is 1. The molecule has 3 N–H and O–H groups in total. The zero-order valence-electron chi connectivity index (χ0n) is 9.12. The van der Waals surface area contributed by atoms with E-state index in [1.165, 1.54) is 0 Å². The van der Waals surface area contributed by atoms with Gasteiger partial charge in [-0.1, -0.05) is 6.92 Å². The first-order valence-electron chi connectivity index (χ1n) is 5.38. The van der Waals surface area contributed by atoms with Crippen LogP contribution in [0.1, 0.15) is 26.2 Å². The van der Waals surface area contributed by atoms with E-state index < -0.39 is 0 Å². The molecule has 1 fully saturated rings. The predicted octanol–water partition coefficient (Wildman–Crippen LogP) is -0.0659. The zero-order valence-corrected chi connectivity index (χ0v) is 9.12. The average Bonchev–Trinajstić information content (AvgIpc) is 2.16. The highest BCUT2D eigenvalue weighted by Crippen LogP contribution is 2.07. The molecule has 1 heterocycles. The third-order valence-corrected chi connectivity index (χ3v) is 2.75. The lowest BCUT2D eigenvalue weighted by atomic mass is 10.1. The lowest BCUT2D eigenvalue weighted by molar-refractivity contribution is -0.123. The number of nitrogens with zero attached hydrogens (tertiary/aromatic N) is 1. The molecule has 0 aromatic heterocycles. The normalized spacial score (nSPS) is 25.8. The van der Waals surface area contributed by atoms with Gasteiger partial charge in [-0.15, -0.1) is 0 Å². The minimum Gasteiger partial charge on any atom is -0.351 e. The molecule has 0 spiro atoms. The summed E-state index contributed by atoms with van der Waals surface area (Å²) in [5, 5.41) is 2.99. The maximum absolute atomic E-state index is 11.5. The van der Waals surface area contributed by atoms with Crippen molar-refractivity contribution in [1.82, 2.24) is 10.2 Å². The third kappa shape index (κ3) is 3.27. The number of amides is 1. The van der Waals surface area contributed by atoms with Gasteiger partial charge in [0.25, 0.3) is 0 Å². The molecule has 0 radical (unpaired) electrons. The van der Waals surface area contributed by atoms with Crippen molar-refractivity contribution in [3.05, 3.63) is 0 Å². The Bertz CT molecular complexity index is 196. The SMILES string of the molecule is CCC(N)C(=O)NC1CCCN(C)C1. The summed E-state index contributed by atoms with van der Waals surface area (Å²) in [5.41, 5.74) is 5.64. The van der Waals surface area contributed by atoms with Gasteiger partial charge in [0.05, 0.1) is 6.04 Å². The first-order chi connectivity index (χ1) is 6.63. The predicted molar refractivity (Wildman–Crippen MR) is 56.9 cm³/mol.